The zero-order valence-corrected chi connectivity index (χ0v) is 10.5. The van der Waals surface area contributed by atoms with Crippen LogP contribution in [0.3, 0.4) is 0 Å². The third-order valence-electron chi connectivity index (χ3n) is 4.05. The molecule has 3 rings (SSSR count). The first-order valence-corrected chi connectivity index (χ1v) is 6.70. The summed E-state index contributed by atoms with van der Waals surface area (Å²) in [6.07, 6.45) is 2.04. The molecule has 0 radical (unpaired) electrons. The molecule has 0 aromatic heterocycles. The van der Waals surface area contributed by atoms with Crippen molar-refractivity contribution in [2.45, 2.75) is 18.8 Å². The predicted molar refractivity (Wildman–Crippen MR) is 69.5 cm³/mol. The van der Waals surface area contributed by atoms with E-state index < -0.39 is 0 Å². The number of hydrogen-bond acceptors (Lipinski definition) is 3. The Labute approximate surface area is 108 Å². The molecule has 94 valence electrons. The maximum atomic E-state index is 8.90. The second-order valence-corrected chi connectivity index (χ2v) is 5.25. The van der Waals surface area contributed by atoms with Crippen molar-refractivity contribution in [3.8, 4) is 11.8 Å². The lowest BCUT2D eigenvalue weighted by molar-refractivity contribution is 0.184. The molecule has 0 aliphatic carbocycles. The van der Waals surface area contributed by atoms with Crippen molar-refractivity contribution in [3.63, 3.8) is 0 Å². The van der Waals surface area contributed by atoms with Crippen molar-refractivity contribution in [1.82, 2.24) is 4.90 Å². The molecule has 0 saturated carbocycles. The van der Waals surface area contributed by atoms with Crippen LogP contribution in [0.1, 0.15) is 24.3 Å². The van der Waals surface area contributed by atoms with Gasteiger partial charge in [-0.1, -0.05) is 18.2 Å². The van der Waals surface area contributed by atoms with E-state index in [1.54, 1.807) is 0 Å². The zero-order valence-electron chi connectivity index (χ0n) is 10.5. The molecule has 0 N–H and O–H groups in total. The van der Waals surface area contributed by atoms with E-state index in [0.717, 1.165) is 44.8 Å². The minimum absolute atomic E-state index is 0.272. The summed E-state index contributed by atoms with van der Waals surface area (Å²) in [6.45, 7) is 3.97. The third kappa shape index (κ3) is 2.21. The van der Waals surface area contributed by atoms with E-state index in [1.165, 1.54) is 5.56 Å². The van der Waals surface area contributed by atoms with E-state index in [4.69, 9.17) is 10.00 Å². The first-order chi connectivity index (χ1) is 8.86. The second kappa shape index (κ2) is 4.99. The molecule has 1 unspecified atom stereocenters. The number of para-hydroxylation sites is 1. The number of benzene rings is 1. The molecule has 1 atom stereocenters. The molecular formula is C15H18N2O. The van der Waals surface area contributed by atoms with Crippen LogP contribution in [-0.2, 0) is 0 Å². The summed E-state index contributed by atoms with van der Waals surface area (Å²) >= 11 is 0. The lowest BCUT2D eigenvalue weighted by Crippen LogP contribution is -2.36. The van der Waals surface area contributed by atoms with Gasteiger partial charge in [-0.15, -0.1) is 0 Å². The van der Waals surface area contributed by atoms with Crippen LogP contribution >= 0.6 is 0 Å². The van der Waals surface area contributed by atoms with Crippen LogP contribution in [0.5, 0.6) is 5.75 Å². The highest BCUT2D eigenvalue weighted by Crippen LogP contribution is 2.34. The Morgan fingerprint density at radius 2 is 2.06 bits per heavy atom. The quantitative estimate of drug-likeness (QED) is 0.799. The third-order valence-corrected chi connectivity index (χ3v) is 4.05. The number of fused-ring (bicyclic) bond motifs is 1. The highest BCUT2D eigenvalue weighted by atomic mass is 16.5. The van der Waals surface area contributed by atoms with E-state index in [2.05, 4.69) is 29.2 Å². The lowest BCUT2D eigenvalue weighted by atomic mass is 9.96. The van der Waals surface area contributed by atoms with Crippen LogP contribution in [0.25, 0.3) is 0 Å². The SMILES string of the molecule is N#CC1CCN(CC2COc3ccccc32)CC1. The van der Waals surface area contributed by atoms with Gasteiger partial charge in [0, 0.05) is 23.9 Å². The summed E-state index contributed by atoms with van der Waals surface area (Å²) < 4.78 is 5.72. The fourth-order valence-corrected chi connectivity index (χ4v) is 2.94. The number of nitriles is 1. The monoisotopic (exact) mass is 242 g/mol. The van der Waals surface area contributed by atoms with E-state index in [0.29, 0.717) is 5.92 Å². The molecular weight excluding hydrogens is 224 g/mol. The highest BCUT2D eigenvalue weighted by Gasteiger charge is 2.27. The standard InChI is InChI=1S/C15H18N2O/c16-9-12-5-7-17(8-6-12)10-13-11-18-15-4-2-1-3-14(13)15/h1-4,12-13H,5-8,10-11H2. The van der Waals surface area contributed by atoms with Crippen LogP contribution in [0.2, 0.25) is 0 Å². The molecule has 18 heavy (non-hydrogen) atoms. The Kier molecular flexibility index (Phi) is 3.21. The fourth-order valence-electron chi connectivity index (χ4n) is 2.94. The Bertz CT molecular complexity index is 458. The number of ether oxygens (including phenoxy) is 1. The van der Waals surface area contributed by atoms with E-state index in [-0.39, 0.29) is 5.92 Å². The molecule has 0 amide bonds. The molecule has 2 aliphatic heterocycles. The molecule has 1 aromatic carbocycles. The van der Waals surface area contributed by atoms with Gasteiger partial charge < -0.3 is 9.64 Å². The number of nitrogens with zero attached hydrogens (tertiary/aromatic N) is 2. The van der Waals surface area contributed by atoms with Gasteiger partial charge >= 0.3 is 0 Å². The van der Waals surface area contributed by atoms with Crippen molar-refractivity contribution in [2.75, 3.05) is 26.2 Å². The summed E-state index contributed by atoms with van der Waals surface area (Å²) in [5.41, 5.74) is 1.35. The van der Waals surface area contributed by atoms with Gasteiger partial charge in [0.2, 0.25) is 0 Å². The topological polar surface area (TPSA) is 36.3 Å². The van der Waals surface area contributed by atoms with Crippen LogP contribution in [0.4, 0.5) is 0 Å². The average Bonchev–Trinajstić information content (AvgIpc) is 2.83. The van der Waals surface area contributed by atoms with Crippen molar-refractivity contribution in [1.29, 1.82) is 5.26 Å². The minimum atomic E-state index is 0.272. The van der Waals surface area contributed by atoms with Gasteiger partial charge in [-0.3, -0.25) is 0 Å². The van der Waals surface area contributed by atoms with Crippen LogP contribution in [0, 0.1) is 17.2 Å². The van der Waals surface area contributed by atoms with Crippen LogP contribution < -0.4 is 4.74 Å². The van der Waals surface area contributed by atoms with Gasteiger partial charge in [-0.2, -0.15) is 5.26 Å². The molecule has 0 spiro atoms. The van der Waals surface area contributed by atoms with Gasteiger partial charge in [0.1, 0.15) is 5.75 Å². The fraction of sp³-hybridized carbons (Fsp3) is 0.533. The molecule has 1 fully saturated rings. The largest absolute Gasteiger partial charge is 0.493 e. The highest BCUT2D eigenvalue weighted by molar-refractivity contribution is 5.39. The summed E-state index contributed by atoms with van der Waals surface area (Å²) in [5, 5.41) is 8.90. The molecule has 3 nitrogen and oxygen atoms in total. The van der Waals surface area contributed by atoms with E-state index >= 15 is 0 Å². The zero-order chi connectivity index (χ0) is 12.4. The Morgan fingerprint density at radius 3 is 2.83 bits per heavy atom. The summed E-state index contributed by atoms with van der Waals surface area (Å²) in [4.78, 5) is 2.48. The first kappa shape index (κ1) is 11.6. The Morgan fingerprint density at radius 1 is 1.28 bits per heavy atom. The van der Waals surface area contributed by atoms with Gasteiger partial charge in [0.25, 0.3) is 0 Å². The number of piperidine rings is 1. The number of likely N-dealkylation sites (tertiary alicyclic amines) is 1. The van der Waals surface area contributed by atoms with Crippen molar-refractivity contribution < 1.29 is 4.74 Å². The Balaban J connectivity index is 1.61. The maximum Gasteiger partial charge on any atom is 0.122 e. The number of rotatable bonds is 2. The first-order valence-electron chi connectivity index (χ1n) is 6.70. The maximum absolute atomic E-state index is 8.90. The molecule has 1 aromatic rings. The molecule has 2 aliphatic rings. The van der Waals surface area contributed by atoms with Crippen molar-refractivity contribution in [2.24, 2.45) is 5.92 Å². The van der Waals surface area contributed by atoms with Crippen LogP contribution in [0.15, 0.2) is 24.3 Å². The summed E-state index contributed by atoms with van der Waals surface area (Å²) in [6, 6.07) is 10.7. The average molecular weight is 242 g/mol. The van der Waals surface area contributed by atoms with Crippen molar-refractivity contribution in [3.05, 3.63) is 29.8 Å². The molecule has 1 saturated heterocycles. The second-order valence-electron chi connectivity index (χ2n) is 5.25. The number of hydrogen-bond donors (Lipinski definition) is 0. The molecule has 2 heterocycles. The van der Waals surface area contributed by atoms with Crippen molar-refractivity contribution >= 4 is 0 Å². The smallest absolute Gasteiger partial charge is 0.122 e. The summed E-state index contributed by atoms with van der Waals surface area (Å²) in [5.74, 6) is 1.82. The van der Waals surface area contributed by atoms with E-state index in [1.807, 2.05) is 6.07 Å². The Hall–Kier alpha value is -1.53. The molecule has 3 heteroatoms. The van der Waals surface area contributed by atoms with Crippen LogP contribution in [-0.4, -0.2) is 31.1 Å². The van der Waals surface area contributed by atoms with Gasteiger partial charge in [-0.25, -0.2) is 0 Å². The molecule has 0 bridgehead atoms. The van der Waals surface area contributed by atoms with Gasteiger partial charge in [0.05, 0.1) is 12.7 Å². The normalized spacial score (nSPS) is 24.3. The van der Waals surface area contributed by atoms with Gasteiger partial charge in [0.15, 0.2) is 0 Å². The van der Waals surface area contributed by atoms with E-state index in [9.17, 15) is 0 Å². The lowest BCUT2D eigenvalue weighted by Gasteiger charge is -2.30. The predicted octanol–water partition coefficient (Wildman–Crippen LogP) is 2.40. The minimum Gasteiger partial charge on any atom is -0.493 e. The summed E-state index contributed by atoms with van der Waals surface area (Å²) in [7, 11) is 0. The van der Waals surface area contributed by atoms with Gasteiger partial charge in [-0.05, 0) is 32.0 Å².